The molecule has 3 heteroatoms. The standard InChI is InChI=1S/C14H24N2O/c1-5-16(4)7-6-15-10-13-8-11(2)14(17)12(3)9-13/h8-9,15,17H,5-7,10H2,1-4H3. The Hall–Kier alpha value is -1.06. The fourth-order valence-electron chi connectivity index (χ4n) is 1.81. The molecule has 0 heterocycles. The molecule has 2 N–H and O–H groups in total. The van der Waals surface area contributed by atoms with Crippen LogP contribution < -0.4 is 5.32 Å². The van der Waals surface area contributed by atoms with Gasteiger partial charge in [-0.1, -0.05) is 19.1 Å². The van der Waals surface area contributed by atoms with Crippen molar-refractivity contribution in [3.8, 4) is 5.75 Å². The van der Waals surface area contributed by atoms with Gasteiger partial charge in [-0.3, -0.25) is 0 Å². The molecule has 0 aliphatic carbocycles. The van der Waals surface area contributed by atoms with E-state index in [1.54, 1.807) is 0 Å². The SMILES string of the molecule is CCN(C)CCNCc1cc(C)c(O)c(C)c1. The van der Waals surface area contributed by atoms with Crippen LogP contribution in [0.15, 0.2) is 12.1 Å². The van der Waals surface area contributed by atoms with Crippen LogP contribution in [-0.2, 0) is 6.54 Å². The van der Waals surface area contributed by atoms with Gasteiger partial charge in [0, 0.05) is 19.6 Å². The summed E-state index contributed by atoms with van der Waals surface area (Å²) in [5.41, 5.74) is 3.14. The zero-order valence-corrected chi connectivity index (χ0v) is 11.4. The Morgan fingerprint density at radius 1 is 1.24 bits per heavy atom. The molecule has 0 unspecified atom stereocenters. The first-order chi connectivity index (χ1) is 8.04. The molecular weight excluding hydrogens is 212 g/mol. The first-order valence-electron chi connectivity index (χ1n) is 6.23. The molecule has 1 aromatic rings. The Balaban J connectivity index is 2.42. The first kappa shape index (κ1) is 14.0. The molecule has 17 heavy (non-hydrogen) atoms. The highest BCUT2D eigenvalue weighted by molar-refractivity contribution is 5.42. The molecule has 0 aliphatic heterocycles. The van der Waals surface area contributed by atoms with Crippen molar-refractivity contribution >= 4 is 0 Å². The molecule has 1 aromatic carbocycles. The van der Waals surface area contributed by atoms with E-state index in [1.165, 1.54) is 5.56 Å². The van der Waals surface area contributed by atoms with Gasteiger partial charge in [0.15, 0.2) is 0 Å². The Morgan fingerprint density at radius 2 is 1.82 bits per heavy atom. The summed E-state index contributed by atoms with van der Waals surface area (Å²) < 4.78 is 0. The highest BCUT2D eigenvalue weighted by atomic mass is 16.3. The van der Waals surface area contributed by atoms with Crippen LogP contribution in [0.5, 0.6) is 5.75 Å². The van der Waals surface area contributed by atoms with Gasteiger partial charge in [-0.2, -0.15) is 0 Å². The van der Waals surface area contributed by atoms with Crippen molar-refractivity contribution in [3.63, 3.8) is 0 Å². The van der Waals surface area contributed by atoms with Crippen LogP contribution in [0.25, 0.3) is 0 Å². The number of hydrogen-bond acceptors (Lipinski definition) is 3. The number of phenols is 1. The van der Waals surface area contributed by atoms with E-state index in [9.17, 15) is 5.11 Å². The third-order valence-corrected chi connectivity index (χ3v) is 3.09. The quantitative estimate of drug-likeness (QED) is 0.742. The number of benzene rings is 1. The van der Waals surface area contributed by atoms with Gasteiger partial charge < -0.3 is 15.3 Å². The second kappa shape index (κ2) is 6.62. The van der Waals surface area contributed by atoms with E-state index in [2.05, 4.69) is 24.2 Å². The molecule has 0 aromatic heterocycles. The van der Waals surface area contributed by atoms with E-state index in [0.717, 1.165) is 37.3 Å². The minimum absolute atomic E-state index is 0.416. The summed E-state index contributed by atoms with van der Waals surface area (Å²) in [6, 6.07) is 4.08. The smallest absolute Gasteiger partial charge is 0.121 e. The molecule has 0 spiro atoms. The van der Waals surface area contributed by atoms with Gasteiger partial charge in [-0.05, 0) is 44.1 Å². The minimum atomic E-state index is 0.416. The molecule has 0 bridgehead atoms. The number of aromatic hydroxyl groups is 1. The zero-order valence-electron chi connectivity index (χ0n) is 11.4. The molecule has 1 rings (SSSR count). The fraction of sp³-hybridized carbons (Fsp3) is 0.571. The normalized spacial score (nSPS) is 11.1. The number of phenolic OH excluding ortho intramolecular Hbond substituents is 1. The van der Waals surface area contributed by atoms with Gasteiger partial charge in [0.2, 0.25) is 0 Å². The third-order valence-electron chi connectivity index (χ3n) is 3.09. The number of aryl methyl sites for hydroxylation is 2. The maximum atomic E-state index is 9.68. The Bertz CT molecular complexity index is 340. The Kier molecular flexibility index (Phi) is 5.45. The van der Waals surface area contributed by atoms with Crippen molar-refractivity contribution in [1.82, 2.24) is 10.2 Å². The lowest BCUT2D eigenvalue weighted by molar-refractivity contribution is 0.349. The van der Waals surface area contributed by atoms with Crippen molar-refractivity contribution < 1.29 is 5.11 Å². The van der Waals surface area contributed by atoms with E-state index >= 15 is 0 Å². The van der Waals surface area contributed by atoms with Crippen molar-refractivity contribution in [1.29, 1.82) is 0 Å². The maximum Gasteiger partial charge on any atom is 0.121 e. The van der Waals surface area contributed by atoms with E-state index < -0.39 is 0 Å². The van der Waals surface area contributed by atoms with Crippen molar-refractivity contribution in [2.75, 3.05) is 26.7 Å². The van der Waals surface area contributed by atoms with Gasteiger partial charge in [-0.15, -0.1) is 0 Å². The van der Waals surface area contributed by atoms with Crippen molar-refractivity contribution in [2.45, 2.75) is 27.3 Å². The Labute approximate surface area is 104 Å². The molecule has 0 aliphatic rings. The predicted octanol–water partition coefficient (Wildman–Crippen LogP) is 2.05. The number of nitrogens with one attached hydrogen (secondary N) is 1. The van der Waals surface area contributed by atoms with Crippen molar-refractivity contribution in [2.24, 2.45) is 0 Å². The van der Waals surface area contributed by atoms with E-state index in [4.69, 9.17) is 0 Å². The molecule has 3 nitrogen and oxygen atoms in total. The zero-order chi connectivity index (χ0) is 12.8. The van der Waals surface area contributed by atoms with Gasteiger partial charge in [0.1, 0.15) is 5.75 Å². The highest BCUT2D eigenvalue weighted by Crippen LogP contribution is 2.22. The van der Waals surface area contributed by atoms with E-state index in [0.29, 0.717) is 5.75 Å². The average Bonchev–Trinajstić information content (AvgIpc) is 2.31. The number of hydrogen-bond donors (Lipinski definition) is 2. The largest absolute Gasteiger partial charge is 0.507 e. The summed E-state index contributed by atoms with van der Waals surface area (Å²) in [4.78, 5) is 2.28. The van der Waals surface area contributed by atoms with Gasteiger partial charge >= 0.3 is 0 Å². The number of nitrogens with zero attached hydrogens (tertiary/aromatic N) is 1. The van der Waals surface area contributed by atoms with Crippen LogP contribution in [0.3, 0.4) is 0 Å². The maximum absolute atomic E-state index is 9.68. The number of likely N-dealkylation sites (N-methyl/N-ethyl adjacent to an activating group) is 1. The lowest BCUT2D eigenvalue weighted by Crippen LogP contribution is -2.28. The molecule has 0 atom stereocenters. The molecular formula is C14H24N2O. The average molecular weight is 236 g/mol. The second-order valence-corrected chi connectivity index (χ2v) is 4.65. The monoisotopic (exact) mass is 236 g/mol. The molecule has 0 fully saturated rings. The van der Waals surface area contributed by atoms with Crippen LogP contribution in [0.1, 0.15) is 23.6 Å². The third kappa shape index (κ3) is 4.36. The van der Waals surface area contributed by atoms with E-state index in [-0.39, 0.29) is 0 Å². The van der Waals surface area contributed by atoms with Crippen LogP contribution in [-0.4, -0.2) is 36.7 Å². The molecule has 0 saturated carbocycles. The van der Waals surface area contributed by atoms with Gasteiger partial charge in [-0.25, -0.2) is 0 Å². The lowest BCUT2D eigenvalue weighted by atomic mass is 10.1. The highest BCUT2D eigenvalue weighted by Gasteiger charge is 2.03. The van der Waals surface area contributed by atoms with Crippen LogP contribution in [0.2, 0.25) is 0 Å². The fourth-order valence-corrected chi connectivity index (χ4v) is 1.81. The topological polar surface area (TPSA) is 35.5 Å². The molecule has 0 radical (unpaired) electrons. The van der Waals surface area contributed by atoms with Crippen LogP contribution in [0, 0.1) is 13.8 Å². The van der Waals surface area contributed by atoms with E-state index in [1.807, 2.05) is 26.0 Å². The molecule has 0 saturated heterocycles. The summed E-state index contributed by atoms with van der Waals surface area (Å²) >= 11 is 0. The van der Waals surface area contributed by atoms with Crippen LogP contribution >= 0.6 is 0 Å². The summed E-state index contributed by atoms with van der Waals surface area (Å²) in [6.45, 7) is 10.0. The van der Waals surface area contributed by atoms with Gasteiger partial charge in [0.25, 0.3) is 0 Å². The van der Waals surface area contributed by atoms with Crippen LogP contribution in [0.4, 0.5) is 0 Å². The molecule has 0 amide bonds. The number of rotatable bonds is 6. The summed E-state index contributed by atoms with van der Waals surface area (Å²) in [6.07, 6.45) is 0. The lowest BCUT2D eigenvalue weighted by Gasteiger charge is -2.14. The minimum Gasteiger partial charge on any atom is -0.507 e. The summed E-state index contributed by atoms with van der Waals surface area (Å²) in [5.74, 6) is 0.416. The van der Waals surface area contributed by atoms with Crippen molar-refractivity contribution in [3.05, 3.63) is 28.8 Å². The predicted molar refractivity (Wildman–Crippen MR) is 72.5 cm³/mol. The van der Waals surface area contributed by atoms with Gasteiger partial charge in [0.05, 0.1) is 0 Å². The first-order valence-corrected chi connectivity index (χ1v) is 6.23. The second-order valence-electron chi connectivity index (χ2n) is 4.65. The summed E-state index contributed by atoms with van der Waals surface area (Å²) in [5, 5.41) is 13.1. The summed E-state index contributed by atoms with van der Waals surface area (Å²) in [7, 11) is 2.12. The molecule has 96 valence electrons. The Morgan fingerprint density at radius 3 is 2.35 bits per heavy atom.